The smallest absolute Gasteiger partial charge is 0.228 e. The third-order valence-corrected chi connectivity index (χ3v) is 4.79. The Bertz CT molecular complexity index is 505. The molecule has 1 saturated heterocycles. The average Bonchev–Trinajstić information content (AvgIpc) is 2.55. The summed E-state index contributed by atoms with van der Waals surface area (Å²) in [4.78, 5) is 12.7. The molecule has 0 aromatic heterocycles. The number of nitrogens with one attached hydrogen (secondary N) is 1. The zero-order valence-electron chi connectivity index (χ0n) is 14.6. The molecule has 0 aliphatic carbocycles. The van der Waals surface area contributed by atoms with E-state index in [0.29, 0.717) is 38.5 Å². The summed E-state index contributed by atoms with van der Waals surface area (Å²) in [5.74, 6) is 0.706. The van der Waals surface area contributed by atoms with Crippen LogP contribution in [0, 0.1) is 11.3 Å². The summed E-state index contributed by atoms with van der Waals surface area (Å²) >= 11 is 0. The molecule has 1 heterocycles. The summed E-state index contributed by atoms with van der Waals surface area (Å²) in [6.07, 6.45) is 2.49. The van der Waals surface area contributed by atoms with Gasteiger partial charge in [-0.15, -0.1) is 0 Å². The molecule has 1 aromatic rings. The molecule has 1 atom stereocenters. The predicted molar refractivity (Wildman–Crippen MR) is 93.1 cm³/mol. The van der Waals surface area contributed by atoms with E-state index in [1.54, 1.807) is 0 Å². The largest absolute Gasteiger partial charge is 0.381 e. The normalized spacial score (nSPS) is 18.7. The van der Waals surface area contributed by atoms with Crippen LogP contribution in [-0.4, -0.2) is 25.7 Å². The molecule has 1 unspecified atom stereocenters. The van der Waals surface area contributed by atoms with Crippen LogP contribution in [-0.2, 0) is 16.0 Å². The van der Waals surface area contributed by atoms with Gasteiger partial charge in [0, 0.05) is 19.8 Å². The Balaban J connectivity index is 2.00. The van der Waals surface area contributed by atoms with Crippen molar-refractivity contribution < 1.29 is 9.53 Å². The molecule has 2 rings (SSSR count). The maximum atomic E-state index is 12.7. The Hall–Kier alpha value is -1.39. The minimum Gasteiger partial charge on any atom is -0.381 e. The molecule has 1 amide bonds. The van der Waals surface area contributed by atoms with Crippen LogP contribution in [0.15, 0.2) is 24.3 Å². The van der Waals surface area contributed by atoms with Crippen LogP contribution < -0.4 is 11.1 Å². The van der Waals surface area contributed by atoms with Crippen LogP contribution in [0.4, 0.5) is 0 Å². The lowest BCUT2D eigenvalue weighted by atomic mass is 9.79. The first-order valence-corrected chi connectivity index (χ1v) is 8.64. The Morgan fingerprint density at radius 3 is 2.35 bits per heavy atom. The molecule has 3 N–H and O–H groups in total. The maximum absolute atomic E-state index is 12.7. The number of carbonyl (C=O) groups is 1. The van der Waals surface area contributed by atoms with Gasteiger partial charge in [0.1, 0.15) is 0 Å². The van der Waals surface area contributed by atoms with Gasteiger partial charge >= 0.3 is 0 Å². The second kappa shape index (κ2) is 7.93. The fourth-order valence-electron chi connectivity index (χ4n) is 3.13. The molecule has 1 aliphatic rings. The predicted octanol–water partition coefficient (Wildman–Crippen LogP) is 2.82. The molecule has 1 aromatic carbocycles. The first-order chi connectivity index (χ1) is 11.0. The second-order valence-corrected chi connectivity index (χ2v) is 7.13. The van der Waals surface area contributed by atoms with Gasteiger partial charge in [0.25, 0.3) is 0 Å². The quantitative estimate of drug-likeness (QED) is 0.848. The molecule has 1 fully saturated rings. The summed E-state index contributed by atoms with van der Waals surface area (Å²) in [6, 6.07) is 8.53. The van der Waals surface area contributed by atoms with E-state index in [-0.39, 0.29) is 11.9 Å². The number of ether oxygens (including phenoxy) is 1. The van der Waals surface area contributed by atoms with Crippen molar-refractivity contribution in [3.05, 3.63) is 35.4 Å². The first-order valence-electron chi connectivity index (χ1n) is 8.64. The van der Waals surface area contributed by atoms with Gasteiger partial charge in [0.2, 0.25) is 5.91 Å². The average molecular weight is 318 g/mol. The first kappa shape index (κ1) is 18.0. The Labute approximate surface area is 139 Å². The minimum atomic E-state index is -0.468. The molecule has 4 heteroatoms. The van der Waals surface area contributed by atoms with E-state index in [1.807, 2.05) is 6.92 Å². The van der Waals surface area contributed by atoms with Crippen LogP contribution in [0.5, 0.6) is 0 Å². The van der Waals surface area contributed by atoms with Gasteiger partial charge in [0.05, 0.1) is 11.5 Å². The third-order valence-electron chi connectivity index (χ3n) is 4.79. The Morgan fingerprint density at radius 2 is 1.83 bits per heavy atom. The van der Waals surface area contributed by atoms with E-state index < -0.39 is 5.41 Å². The SMILES string of the molecule is CC(C)Cc1ccc(C(C)NC(=O)C2(CN)CCOCC2)cc1. The maximum Gasteiger partial charge on any atom is 0.228 e. The highest BCUT2D eigenvalue weighted by atomic mass is 16.5. The molecule has 0 spiro atoms. The minimum absolute atomic E-state index is 0.0122. The molecular formula is C19H30N2O2. The molecule has 4 nitrogen and oxygen atoms in total. The zero-order valence-corrected chi connectivity index (χ0v) is 14.6. The van der Waals surface area contributed by atoms with Gasteiger partial charge in [-0.25, -0.2) is 0 Å². The zero-order chi connectivity index (χ0) is 16.9. The summed E-state index contributed by atoms with van der Waals surface area (Å²) in [7, 11) is 0. The standard InChI is InChI=1S/C19H30N2O2/c1-14(2)12-16-4-6-17(7-5-16)15(3)21-18(22)19(13-20)8-10-23-11-9-19/h4-7,14-15H,8-13,20H2,1-3H3,(H,21,22). The van der Waals surface area contributed by atoms with Crippen LogP contribution in [0.1, 0.15) is 50.8 Å². The van der Waals surface area contributed by atoms with Gasteiger partial charge in [-0.3, -0.25) is 4.79 Å². The van der Waals surface area contributed by atoms with Crippen LogP contribution >= 0.6 is 0 Å². The summed E-state index contributed by atoms with van der Waals surface area (Å²) in [6.45, 7) is 8.07. The van der Waals surface area contributed by atoms with E-state index in [4.69, 9.17) is 10.5 Å². The number of nitrogens with two attached hydrogens (primary N) is 1. The van der Waals surface area contributed by atoms with Crippen molar-refractivity contribution in [1.82, 2.24) is 5.32 Å². The topological polar surface area (TPSA) is 64.4 Å². The molecule has 0 bridgehead atoms. The van der Waals surface area contributed by atoms with Gasteiger partial charge in [-0.05, 0) is 43.2 Å². The van der Waals surface area contributed by atoms with Crippen LogP contribution in [0.25, 0.3) is 0 Å². The summed E-state index contributed by atoms with van der Waals surface area (Å²) in [5, 5.41) is 3.14. The molecule has 0 radical (unpaired) electrons. The monoisotopic (exact) mass is 318 g/mol. The molecule has 0 saturated carbocycles. The number of amides is 1. The highest BCUT2D eigenvalue weighted by molar-refractivity contribution is 5.83. The van der Waals surface area contributed by atoms with Crippen molar-refractivity contribution in [2.45, 2.75) is 46.1 Å². The Morgan fingerprint density at radius 1 is 1.22 bits per heavy atom. The Kier molecular flexibility index (Phi) is 6.19. The van der Waals surface area contributed by atoms with Gasteiger partial charge in [-0.1, -0.05) is 38.1 Å². The van der Waals surface area contributed by atoms with E-state index in [9.17, 15) is 4.79 Å². The second-order valence-electron chi connectivity index (χ2n) is 7.13. The number of rotatable bonds is 6. The van der Waals surface area contributed by atoms with Crippen molar-refractivity contribution in [3.63, 3.8) is 0 Å². The van der Waals surface area contributed by atoms with E-state index >= 15 is 0 Å². The summed E-state index contributed by atoms with van der Waals surface area (Å²) in [5.41, 5.74) is 7.90. The van der Waals surface area contributed by atoms with Gasteiger partial charge in [-0.2, -0.15) is 0 Å². The van der Waals surface area contributed by atoms with E-state index in [2.05, 4.69) is 43.4 Å². The molecule has 23 heavy (non-hydrogen) atoms. The van der Waals surface area contributed by atoms with Crippen LogP contribution in [0.2, 0.25) is 0 Å². The van der Waals surface area contributed by atoms with E-state index in [0.717, 1.165) is 12.0 Å². The fraction of sp³-hybridized carbons (Fsp3) is 0.632. The van der Waals surface area contributed by atoms with Crippen LogP contribution in [0.3, 0.4) is 0 Å². The molecule has 128 valence electrons. The van der Waals surface area contributed by atoms with Gasteiger partial charge < -0.3 is 15.8 Å². The number of hydrogen-bond acceptors (Lipinski definition) is 3. The van der Waals surface area contributed by atoms with E-state index in [1.165, 1.54) is 5.56 Å². The third kappa shape index (κ3) is 4.55. The number of hydrogen-bond donors (Lipinski definition) is 2. The van der Waals surface area contributed by atoms with Crippen molar-refractivity contribution in [3.8, 4) is 0 Å². The highest BCUT2D eigenvalue weighted by Gasteiger charge is 2.39. The lowest BCUT2D eigenvalue weighted by Crippen LogP contribution is -2.49. The lowest BCUT2D eigenvalue weighted by Gasteiger charge is -2.35. The van der Waals surface area contributed by atoms with Crippen molar-refractivity contribution >= 4 is 5.91 Å². The number of benzene rings is 1. The lowest BCUT2D eigenvalue weighted by molar-refractivity contribution is -0.136. The summed E-state index contributed by atoms with van der Waals surface area (Å²) < 4.78 is 5.38. The van der Waals surface area contributed by atoms with Gasteiger partial charge in [0.15, 0.2) is 0 Å². The molecule has 1 aliphatic heterocycles. The van der Waals surface area contributed by atoms with Crippen molar-refractivity contribution in [2.24, 2.45) is 17.1 Å². The fourth-order valence-corrected chi connectivity index (χ4v) is 3.13. The van der Waals surface area contributed by atoms with Crippen molar-refractivity contribution in [1.29, 1.82) is 0 Å². The molecular weight excluding hydrogens is 288 g/mol. The van der Waals surface area contributed by atoms with Crippen molar-refractivity contribution in [2.75, 3.05) is 19.8 Å². The highest BCUT2D eigenvalue weighted by Crippen LogP contribution is 2.30. The number of carbonyl (C=O) groups excluding carboxylic acids is 1.